The van der Waals surface area contributed by atoms with E-state index in [2.05, 4.69) is 10.6 Å². The van der Waals surface area contributed by atoms with Crippen molar-refractivity contribution in [1.82, 2.24) is 0 Å². The average molecular weight is 412 g/mol. The van der Waals surface area contributed by atoms with Crippen LogP contribution in [0.25, 0.3) is 11.3 Å². The van der Waals surface area contributed by atoms with Crippen LogP contribution in [0.2, 0.25) is 0 Å². The highest BCUT2D eigenvalue weighted by molar-refractivity contribution is 6.37. The number of fused-ring (bicyclic) bond motifs is 2. The van der Waals surface area contributed by atoms with Crippen molar-refractivity contribution in [2.45, 2.75) is 6.42 Å². The van der Waals surface area contributed by atoms with Crippen molar-refractivity contribution in [3.05, 3.63) is 99.6 Å². The molecule has 0 fully saturated rings. The van der Waals surface area contributed by atoms with Gasteiger partial charge in [-0.2, -0.15) is 0 Å². The van der Waals surface area contributed by atoms with Gasteiger partial charge in [0.25, 0.3) is 0 Å². The Morgan fingerprint density at radius 3 is 2.52 bits per heavy atom. The molecule has 2 heterocycles. The number of benzene rings is 3. The number of amides is 2. The van der Waals surface area contributed by atoms with Gasteiger partial charge in [0.05, 0.1) is 17.7 Å². The Morgan fingerprint density at radius 2 is 1.74 bits per heavy atom. The summed E-state index contributed by atoms with van der Waals surface area (Å²) in [5.41, 5.74) is 4.36. The van der Waals surface area contributed by atoms with Gasteiger partial charge in [0.2, 0.25) is 5.91 Å². The van der Waals surface area contributed by atoms with Gasteiger partial charge >= 0.3 is 5.91 Å². The predicted octanol–water partition coefficient (Wildman–Crippen LogP) is 3.70. The Kier molecular flexibility index (Phi) is 4.25. The van der Waals surface area contributed by atoms with Crippen molar-refractivity contribution in [3.8, 4) is 0 Å². The predicted molar refractivity (Wildman–Crippen MR) is 117 cm³/mol. The van der Waals surface area contributed by atoms with E-state index in [4.69, 9.17) is 0 Å². The highest BCUT2D eigenvalue weighted by Crippen LogP contribution is 2.41. The molecule has 0 radical (unpaired) electrons. The van der Waals surface area contributed by atoms with Crippen LogP contribution in [0, 0.1) is 10.1 Å². The van der Waals surface area contributed by atoms with Crippen LogP contribution in [-0.2, 0) is 16.0 Å². The minimum atomic E-state index is -0.712. The number of carbonyl (C=O) groups is 2. The maximum atomic E-state index is 13.2. The third kappa shape index (κ3) is 3.10. The Hall–Kier alpha value is -4.46. The van der Waals surface area contributed by atoms with Crippen LogP contribution in [0.3, 0.4) is 0 Å². The third-order valence-electron chi connectivity index (χ3n) is 5.28. The van der Waals surface area contributed by atoms with E-state index in [1.165, 1.54) is 0 Å². The lowest BCUT2D eigenvalue weighted by Crippen LogP contribution is -2.32. The topological polar surface area (TPSA) is 105 Å². The second-order valence-corrected chi connectivity index (χ2v) is 7.21. The molecule has 2 N–H and O–H groups in total. The van der Waals surface area contributed by atoms with Crippen LogP contribution in [0.1, 0.15) is 16.7 Å². The van der Waals surface area contributed by atoms with Crippen molar-refractivity contribution in [3.63, 3.8) is 0 Å². The van der Waals surface area contributed by atoms with E-state index in [-0.39, 0.29) is 23.6 Å². The van der Waals surface area contributed by atoms with E-state index >= 15 is 0 Å². The Labute approximate surface area is 176 Å². The smallest absolute Gasteiger partial charge is 0.322 e. The number of para-hydroxylation sites is 1. The number of hydrazine groups is 1. The second kappa shape index (κ2) is 7.10. The van der Waals surface area contributed by atoms with E-state index in [0.717, 1.165) is 11.3 Å². The molecule has 0 unspecified atom stereocenters. The largest absolute Gasteiger partial charge is 0.354 e. The molecule has 2 aliphatic rings. The number of anilines is 3. The number of hydrogen-bond acceptors (Lipinski definition) is 5. The lowest BCUT2D eigenvalue weighted by molar-refractivity contribution is -0.482. The Bertz CT molecular complexity index is 1280. The van der Waals surface area contributed by atoms with Crippen molar-refractivity contribution in [1.29, 1.82) is 0 Å². The van der Waals surface area contributed by atoms with Gasteiger partial charge in [0.15, 0.2) is 5.03 Å². The first-order valence-corrected chi connectivity index (χ1v) is 9.60. The highest BCUT2D eigenvalue weighted by Gasteiger charge is 2.42. The van der Waals surface area contributed by atoms with Crippen molar-refractivity contribution < 1.29 is 14.6 Å². The van der Waals surface area contributed by atoms with E-state index in [1.807, 2.05) is 36.4 Å². The first-order valence-electron chi connectivity index (χ1n) is 9.60. The number of nitrogens with one attached hydrogen (secondary N) is 2. The minimum absolute atomic E-state index is 0.0738. The maximum Gasteiger partial charge on any atom is 0.322 e. The lowest BCUT2D eigenvalue weighted by Gasteiger charge is -2.15. The standard InChI is InChI=1S/C23H16N4O4/c28-20-13-15-12-16(10-11-18(15)25-20)24-22(14-6-2-1-3-7-14)21-17-8-4-5-9-19(17)26(23(21)29)27(30)31/h1-12,24H,13H2,(H,25,28). The molecular weight excluding hydrogens is 396 g/mol. The zero-order valence-corrected chi connectivity index (χ0v) is 16.2. The fraction of sp³-hybridized carbons (Fsp3) is 0.0435. The average Bonchev–Trinajstić information content (AvgIpc) is 3.28. The van der Waals surface area contributed by atoms with E-state index in [0.29, 0.717) is 27.5 Å². The van der Waals surface area contributed by atoms with E-state index in [1.54, 1.807) is 36.4 Å². The molecule has 0 aliphatic carbocycles. The minimum Gasteiger partial charge on any atom is -0.354 e. The summed E-state index contributed by atoms with van der Waals surface area (Å²) in [4.78, 5) is 36.5. The molecule has 0 saturated carbocycles. The summed E-state index contributed by atoms with van der Waals surface area (Å²) in [7, 11) is 0. The Balaban J connectivity index is 1.69. The van der Waals surface area contributed by atoms with Gasteiger partial charge < -0.3 is 10.6 Å². The first-order chi connectivity index (χ1) is 15.0. The van der Waals surface area contributed by atoms with Crippen molar-refractivity contribution >= 4 is 40.1 Å². The third-order valence-corrected chi connectivity index (χ3v) is 5.28. The highest BCUT2D eigenvalue weighted by atomic mass is 16.7. The number of nitrogens with zero attached hydrogens (tertiary/aromatic N) is 2. The molecule has 3 aromatic rings. The molecule has 152 valence electrons. The molecule has 0 bridgehead atoms. The first kappa shape index (κ1) is 18.6. The molecule has 3 aromatic carbocycles. The van der Waals surface area contributed by atoms with Gasteiger partial charge in [-0.1, -0.05) is 48.5 Å². The molecule has 2 aliphatic heterocycles. The summed E-state index contributed by atoms with van der Waals surface area (Å²) in [6.07, 6.45) is 0.277. The van der Waals surface area contributed by atoms with Crippen molar-refractivity contribution in [2.75, 3.05) is 15.6 Å². The van der Waals surface area contributed by atoms with E-state index in [9.17, 15) is 19.7 Å². The summed E-state index contributed by atoms with van der Waals surface area (Å²) in [6, 6.07) is 21.3. The zero-order chi connectivity index (χ0) is 21.5. The number of nitro groups is 1. The van der Waals surface area contributed by atoms with Crippen LogP contribution in [0.15, 0.2) is 72.8 Å². The summed E-state index contributed by atoms with van der Waals surface area (Å²) in [6.45, 7) is 0. The maximum absolute atomic E-state index is 13.2. The molecule has 0 atom stereocenters. The SMILES string of the molecule is O=C1Cc2cc(NC(=C3C(=O)N([N+](=O)[O-])c4ccccc43)c3ccccc3)ccc2N1. The van der Waals surface area contributed by atoms with Crippen LogP contribution in [0.4, 0.5) is 17.1 Å². The fourth-order valence-corrected chi connectivity index (χ4v) is 3.94. The van der Waals surface area contributed by atoms with Gasteiger partial charge in [-0.15, -0.1) is 0 Å². The molecule has 0 spiro atoms. The number of rotatable bonds is 4. The van der Waals surface area contributed by atoms with Crippen LogP contribution < -0.4 is 15.6 Å². The summed E-state index contributed by atoms with van der Waals surface area (Å²) in [5, 5.41) is 17.6. The molecular formula is C23H16N4O4. The normalized spacial score (nSPS) is 15.9. The van der Waals surface area contributed by atoms with Crippen LogP contribution in [-0.4, -0.2) is 16.8 Å². The van der Waals surface area contributed by atoms with Gasteiger partial charge in [0.1, 0.15) is 5.69 Å². The summed E-state index contributed by atoms with van der Waals surface area (Å²) >= 11 is 0. The van der Waals surface area contributed by atoms with Crippen LogP contribution in [0.5, 0.6) is 0 Å². The molecule has 0 saturated heterocycles. The van der Waals surface area contributed by atoms with Gasteiger partial charge in [-0.25, -0.2) is 10.1 Å². The molecule has 8 nitrogen and oxygen atoms in total. The molecule has 31 heavy (non-hydrogen) atoms. The van der Waals surface area contributed by atoms with Crippen molar-refractivity contribution in [2.24, 2.45) is 0 Å². The van der Waals surface area contributed by atoms with Crippen LogP contribution >= 0.6 is 0 Å². The molecule has 2 amide bonds. The molecule has 0 aromatic heterocycles. The Morgan fingerprint density at radius 1 is 1.00 bits per heavy atom. The van der Waals surface area contributed by atoms with Gasteiger partial charge in [0, 0.05) is 16.9 Å². The summed E-state index contributed by atoms with van der Waals surface area (Å²) in [5.74, 6) is -0.786. The monoisotopic (exact) mass is 412 g/mol. The number of carbonyl (C=O) groups excluding carboxylic acids is 2. The quantitative estimate of drug-likeness (QED) is 0.386. The second-order valence-electron chi connectivity index (χ2n) is 7.21. The van der Waals surface area contributed by atoms with E-state index < -0.39 is 10.9 Å². The van der Waals surface area contributed by atoms with Gasteiger partial charge in [-0.05, 0) is 40.4 Å². The zero-order valence-electron chi connectivity index (χ0n) is 16.2. The fourth-order valence-electron chi connectivity index (χ4n) is 3.94. The lowest BCUT2D eigenvalue weighted by atomic mass is 10.00. The molecule has 5 rings (SSSR count). The molecule has 8 heteroatoms. The summed E-state index contributed by atoms with van der Waals surface area (Å²) < 4.78 is 0. The number of hydrogen-bond donors (Lipinski definition) is 2. The van der Waals surface area contributed by atoms with Gasteiger partial charge in [-0.3, -0.25) is 9.59 Å².